The molecule has 7 heteroatoms. The molecule has 0 aliphatic rings. The van der Waals surface area contributed by atoms with E-state index in [0.29, 0.717) is 5.92 Å². The number of benzene rings is 2. The van der Waals surface area contributed by atoms with E-state index in [-0.39, 0.29) is 16.3 Å². The van der Waals surface area contributed by atoms with Crippen LogP contribution < -0.4 is 9.46 Å². The van der Waals surface area contributed by atoms with Gasteiger partial charge in [-0.3, -0.25) is 4.72 Å². The molecule has 4 nitrogen and oxygen atoms in total. The van der Waals surface area contributed by atoms with Gasteiger partial charge < -0.3 is 4.74 Å². The quantitative estimate of drug-likeness (QED) is 0.789. The molecule has 0 saturated carbocycles. The highest BCUT2D eigenvalue weighted by Crippen LogP contribution is 2.23. The van der Waals surface area contributed by atoms with Gasteiger partial charge in [0.2, 0.25) is 0 Å². The maximum atomic E-state index is 12.4. The average molecular weight is 355 g/mol. The van der Waals surface area contributed by atoms with Crippen LogP contribution >= 0.6 is 0 Å². The molecule has 2 aromatic rings. The van der Waals surface area contributed by atoms with Crippen LogP contribution in [0.5, 0.6) is 5.75 Å². The number of nitrogens with one attached hydrogen (secondary N) is 1. The van der Waals surface area contributed by atoms with Crippen LogP contribution in [0.25, 0.3) is 0 Å². The molecule has 130 valence electrons. The highest BCUT2D eigenvalue weighted by Gasteiger charge is 2.15. The van der Waals surface area contributed by atoms with Crippen molar-refractivity contribution in [3.63, 3.8) is 0 Å². The molecule has 1 atom stereocenters. The van der Waals surface area contributed by atoms with E-state index in [1.807, 2.05) is 0 Å². The summed E-state index contributed by atoms with van der Waals surface area (Å²) in [7, 11) is -3.74. The first-order valence-electron chi connectivity index (χ1n) is 7.49. The topological polar surface area (TPSA) is 55.4 Å². The second-order valence-electron chi connectivity index (χ2n) is 5.39. The lowest BCUT2D eigenvalue weighted by Gasteiger charge is -2.12. The van der Waals surface area contributed by atoms with Crippen molar-refractivity contribution in [1.82, 2.24) is 0 Å². The Balaban J connectivity index is 2.13. The second kappa shape index (κ2) is 7.61. The van der Waals surface area contributed by atoms with Crippen LogP contribution in [-0.2, 0) is 10.0 Å². The molecule has 0 aliphatic carbocycles. The zero-order valence-corrected chi connectivity index (χ0v) is 14.2. The molecule has 0 saturated heterocycles. The van der Waals surface area contributed by atoms with E-state index in [4.69, 9.17) is 0 Å². The summed E-state index contributed by atoms with van der Waals surface area (Å²) < 4.78 is 55.5. The number of ether oxygens (including phenoxy) is 1. The number of hydrogen-bond donors (Lipinski definition) is 1. The van der Waals surface area contributed by atoms with E-state index < -0.39 is 16.6 Å². The highest BCUT2D eigenvalue weighted by atomic mass is 32.2. The molecule has 0 amide bonds. The van der Waals surface area contributed by atoms with Crippen molar-refractivity contribution in [2.24, 2.45) is 0 Å². The van der Waals surface area contributed by atoms with E-state index >= 15 is 0 Å². The Bertz CT molecular complexity index is 759. The third kappa shape index (κ3) is 4.67. The molecule has 2 rings (SSSR count). The van der Waals surface area contributed by atoms with E-state index in [1.165, 1.54) is 24.3 Å². The molecule has 0 aromatic heterocycles. The number of alkyl halides is 2. The Labute approximate surface area is 140 Å². The number of anilines is 1. The van der Waals surface area contributed by atoms with Gasteiger partial charge in [0.1, 0.15) is 5.75 Å². The maximum absolute atomic E-state index is 12.4. The molecule has 0 heterocycles. The van der Waals surface area contributed by atoms with Crippen LogP contribution in [-0.4, -0.2) is 15.0 Å². The van der Waals surface area contributed by atoms with Crippen LogP contribution in [0.4, 0.5) is 14.5 Å². The van der Waals surface area contributed by atoms with Crippen molar-refractivity contribution in [2.75, 3.05) is 4.72 Å². The standard InChI is InChI=1S/C17H19F2NO3S/c1-3-12(2)13-4-10-16(11-5-13)24(21,22)20-14-6-8-15(9-7-14)23-17(18)19/h4-12,17,20H,3H2,1-2H3. The first-order chi connectivity index (χ1) is 11.3. The summed E-state index contributed by atoms with van der Waals surface area (Å²) in [5.74, 6) is 0.322. The fourth-order valence-corrected chi connectivity index (χ4v) is 3.19. The monoisotopic (exact) mass is 355 g/mol. The minimum atomic E-state index is -3.74. The van der Waals surface area contributed by atoms with Gasteiger partial charge >= 0.3 is 6.61 Å². The predicted octanol–water partition coefficient (Wildman–Crippen LogP) is 4.60. The van der Waals surface area contributed by atoms with Crippen molar-refractivity contribution in [2.45, 2.75) is 37.7 Å². The summed E-state index contributed by atoms with van der Waals surface area (Å²) >= 11 is 0. The van der Waals surface area contributed by atoms with Crippen LogP contribution in [0.15, 0.2) is 53.4 Å². The van der Waals surface area contributed by atoms with Crippen LogP contribution in [0.1, 0.15) is 31.7 Å². The average Bonchev–Trinajstić information content (AvgIpc) is 2.55. The third-order valence-electron chi connectivity index (χ3n) is 3.70. The Kier molecular flexibility index (Phi) is 5.77. The van der Waals surface area contributed by atoms with Crippen molar-refractivity contribution < 1.29 is 21.9 Å². The molecule has 0 fully saturated rings. The number of halogens is 2. The summed E-state index contributed by atoms with van der Waals surface area (Å²) in [5, 5.41) is 0. The minimum Gasteiger partial charge on any atom is -0.435 e. The Hall–Kier alpha value is -2.15. The first-order valence-corrected chi connectivity index (χ1v) is 8.98. The number of rotatable bonds is 7. The Morgan fingerprint density at radius 2 is 1.62 bits per heavy atom. The fourth-order valence-electron chi connectivity index (χ4n) is 2.13. The summed E-state index contributed by atoms with van der Waals surface area (Å²) in [5.41, 5.74) is 1.34. The summed E-state index contributed by atoms with van der Waals surface area (Å²) in [6.07, 6.45) is 0.970. The molecule has 24 heavy (non-hydrogen) atoms. The Morgan fingerprint density at radius 3 is 2.12 bits per heavy atom. The van der Waals surface area contributed by atoms with Crippen LogP contribution in [0.3, 0.4) is 0 Å². The molecular formula is C17H19F2NO3S. The lowest BCUT2D eigenvalue weighted by Crippen LogP contribution is -2.13. The first kappa shape index (κ1) is 18.2. The molecule has 0 spiro atoms. The molecule has 0 aliphatic heterocycles. The molecule has 1 unspecified atom stereocenters. The van der Waals surface area contributed by atoms with E-state index in [9.17, 15) is 17.2 Å². The zero-order chi connectivity index (χ0) is 17.7. The Morgan fingerprint density at radius 1 is 1.04 bits per heavy atom. The van der Waals surface area contributed by atoms with E-state index in [2.05, 4.69) is 23.3 Å². The van der Waals surface area contributed by atoms with Gasteiger partial charge in [-0.05, 0) is 54.3 Å². The fraction of sp³-hybridized carbons (Fsp3) is 0.294. The molecule has 0 bridgehead atoms. The SMILES string of the molecule is CCC(C)c1ccc(S(=O)(=O)Nc2ccc(OC(F)F)cc2)cc1. The minimum absolute atomic E-state index is 0.0362. The van der Waals surface area contributed by atoms with Crippen molar-refractivity contribution in [1.29, 1.82) is 0 Å². The molecule has 0 radical (unpaired) electrons. The van der Waals surface area contributed by atoms with Crippen LogP contribution in [0, 0.1) is 0 Å². The van der Waals surface area contributed by atoms with Crippen LogP contribution in [0.2, 0.25) is 0 Å². The predicted molar refractivity (Wildman–Crippen MR) is 89.0 cm³/mol. The highest BCUT2D eigenvalue weighted by molar-refractivity contribution is 7.92. The maximum Gasteiger partial charge on any atom is 0.387 e. The van der Waals surface area contributed by atoms with E-state index in [0.717, 1.165) is 12.0 Å². The molecule has 2 aromatic carbocycles. The van der Waals surface area contributed by atoms with Gasteiger partial charge in [-0.2, -0.15) is 8.78 Å². The van der Waals surface area contributed by atoms with Crippen molar-refractivity contribution in [3.05, 3.63) is 54.1 Å². The smallest absolute Gasteiger partial charge is 0.387 e. The van der Waals surface area contributed by atoms with Gasteiger partial charge in [0, 0.05) is 5.69 Å². The lowest BCUT2D eigenvalue weighted by molar-refractivity contribution is -0.0498. The summed E-state index contributed by atoms with van der Waals surface area (Å²) in [4.78, 5) is 0.141. The van der Waals surface area contributed by atoms with Crippen molar-refractivity contribution in [3.8, 4) is 5.75 Å². The zero-order valence-electron chi connectivity index (χ0n) is 13.4. The van der Waals surface area contributed by atoms with Gasteiger partial charge in [0.25, 0.3) is 10.0 Å². The lowest BCUT2D eigenvalue weighted by atomic mass is 9.99. The molecular weight excluding hydrogens is 336 g/mol. The van der Waals surface area contributed by atoms with Gasteiger partial charge in [-0.15, -0.1) is 0 Å². The van der Waals surface area contributed by atoms with Gasteiger partial charge in [-0.1, -0.05) is 26.0 Å². The van der Waals surface area contributed by atoms with Gasteiger partial charge in [0.05, 0.1) is 4.90 Å². The van der Waals surface area contributed by atoms with E-state index in [1.54, 1.807) is 24.3 Å². The largest absolute Gasteiger partial charge is 0.435 e. The summed E-state index contributed by atoms with van der Waals surface area (Å²) in [6, 6.07) is 12.0. The normalized spacial score (nSPS) is 12.9. The second-order valence-corrected chi connectivity index (χ2v) is 7.07. The van der Waals surface area contributed by atoms with Gasteiger partial charge in [-0.25, -0.2) is 8.42 Å². The van der Waals surface area contributed by atoms with Gasteiger partial charge in [0.15, 0.2) is 0 Å². The number of hydrogen-bond acceptors (Lipinski definition) is 3. The number of sulfonamides is 1. The summed E-state index contributed by atoms with van der Waals surface area (Å²) in [6.45, 7) is 1.22. The van der Waals surface area contributed by atoms with Crippen molar-refractivity contribution >= 4 is 15.7 Å². The molecule has 1 N–H and O–H groups in total. The third-order valence-corrected chi connectivity index (χ3v) is 5.10.